The molecular weight excluding hydrogens is 352 g/mol. The van der Waals surface area contributed by atoms with E-state index >= 15 is 0 Å². The third-order valence-corrected chi connectivity index (χ3v) is 6.17. The summed E-state index contributed by atoms with van der Waals surface area (Å²) in [4.78, 5) is 10.6. The first kappa shape index (κ1) is 20.8. The fraction of sp³-hybridized carbons (Fsp3) is 0.542. The predicted octanol–water partition coefficient (Wildman–Crippen LogP) is 4.04. The van der Waals surface area contributed by atoms with Gasteiger partial charge in [0.1, 0.15) is 0 Å². The third-order valence-electron chi connectivity index (χ3n) is 6.17. The molecule has 0 spiro atoms. The molecule has 4 heteroatoms. The van der Waals surface area contributed by atoms with Gasteiger partial charge in [-0.15, -0.1) is 0 Å². The smallest absolute Gasteiger partial charge is 0.303 e. The van der Waals surface area contributed by atoms with E-state index in [0.29, 0.717) is 18.3 Å². The molecule has 3 N–H and O–H groups in total. The van der Waals surface area contributed by atoms with Crippen LogP contribution in [-0.4, -0.2) is 33.5 Å². The highest BCUT2D eigenvalue weighted by atomic mass is 16.4. The van der Waals surface area contributed by atoms with Crippen molar-refractivity contribution in [2.45, 2.75) is 64.1 Å². The molecule has 3 rings (SSSR count). The molecule has 2 aliphatic rings. The first-order chi connectivity index (χ1) is 13.4. The number of carboxylic acids is 1. The summed E-state index contributed by atoms with van der Waals surface area (Å²) in [5, 5.41) is 29.6. The summed E-state index contributed by atoms with van der Waals surface area (Å²) in [7, 11) is 0. The summed E-state index contributed by atoms with van der Waals surface area (Å²) in [5.74, 6) is 0.180. The van der Waals surface area contributed by atoms with Crippen LogP contribution < -0.4 is 0 Å². The summed E-state index contributed by atoms with van der Waals surface area (Å²) in [6.07, 6.45) is 10.5. The van der Waals surface area contributed by atoms with Gasteiger partial charge in [0.15, 0.2) is 0 Å². The van der Waals surface area contributed by atoms with E-state index in [9.17, 15) is 15.0 Å². The Balaban J connectivity index is 1.51. The van der Waals surface area contributed by atoms with Gasteiger partial charge in [-0.05, 0) is 56.4 Å². The number of benzene rings is 1. The van der Waals surface area contributed by atoms with Gasteiger partial charge in [-0.25, -0.2) is 0 Å². The van der Waals surface area contributed by atoms with Crippen LogP contribution >= 0.6 is 0 Å². The van der Waals surface area contributed by atoms with Gasteiger partial charge < -0.3 is 15.3 Å². The SMILES string of the molecule is Cc1cccc(C[C@@H](O)C=C[C@@H]2[C@H]3CC(CCCCC(=O)O)=C[C@H]3C[C@H]2O)c1. The maximum absolute atomic E-state index is 10.6. The van der Waals surface area contributed by atoms with Crippen LogP contribution in [0.15, 0.2) is 48.1 Å². The molecule has 28 heavy (non-hydrogen) atoms. The number of allylic oxidation sites excluding steroid dienone is 2. The summed E-state index contributed by atoms with van der Waals surface area (Å²) >= 11 is 0. The molecule has 1 aromatic rings. The number of hydrogen-bond acceptors (Lipinski definition) is 3. The second kappa shape index (κ2) is 9.53. The minimum Gasteiger partial charge on any atom is -0.481 e. The quantitative estimate of drug-likeness (QED) is 0.443. The van der Waals surface area contributed by atoms with Gasteiger partial charge in [0.25, 0.3) is 0 Å². The van der Waals surface area contributed by atoms with Crippen molar-refractivity contribution >= 4 is 5.97 Å². The van der Waals surface area contributed by atoms with Crippen LogP contribution in [0.1, 0.15) is 49.7 Å². The number of aryl methyl sites for hydroxylation is 1. The molecule has 0 radical (unpaired) electrons. The van der Waals surface area contributed by atoms with E-state index < -0.39 is 12.1 Å². The standard InChI is InChI=1S/C24H32O4/c1-16-5-4-7-17(11-16)13-20(25)9-10-21-22-14-18(6-2-3-8-24(27)28)12-19(22)15-23(21)26/h4-5,7,9-12,19-23,25-26H,2-3,6,8,13-15H2,1H3,(H,27,28)/t19-,20-,21+,22-,23+/m0/s1. The van der Waals surface area contributed by atoms with Crippen LogP contribution in [0.5, 0.6) is 0 Å². The van der Waals surface area contributed by atoms with Gasteiger partial charge in [-0.3, -0.25) is 4.79 Å². The topological polar surface area (TPSA) is 77.8 Å². The first-order valence-corrected chi connectivity index (χ1v) is 10.4. The summed E-state index contributed by atoms with van der Waals surface area (Å²) in [5.41, 5.74) is 3.72. The maximum Gasteiger partial charge on any atom is 0.303 e. The highest BCUT2D eigenvalue weighted by Crippen LogP contribution is 2.48. The zero-order valence-corrected chi connectivity index (χ0v) is 16.6. The van der Waals surface area contributed by atoms with Gasteiger partial charge in [-0.2, -0.15) is 0 Å². The van der Waals surface area contributed by atoms with E-state index in [-0.39, 0.29) is 18.4 Å². The Morgan fingerprint density at radius 1 is 1.32 bits per heavy atom. The average Bonchev–Trinajstić information content (AvgIpc) is 3.13. The molecule has 0 aliphatic heterocycles. The molecule has 0 saturated heterocycles. The van der Waals surface area contributed by atoms with E-state index in [1.54, 1.807) is 0 Å². The summed E-state index contributed by atoms with van der Waals surface area (Å²) in [6, 6.07) is 8.18. The lowest BCUT2D eigenvalue weighted by molar-refractivity contribution is -0.137. The summed E-state index contributed by atoms with van der Waals surface area (Å²) < 4.78 is 0. The van der Waals surface area contributed by atoms with Gasteiger partial charge in [-0.1, -0.05) is 53.6 Å². The number of aliphatic hydroxyl groups excluding tert-OH is 2. The number of hydrogen-bond donors (Lipinski definition) is 3. The van der Waals surface area contributed by atoms with E-state index in [4.69, 9.17) is 5.11 Å². The van der Waals surface area contributed by atoms with Crippen LogP contribution in [0, 0.1) is 24.7 Å². The fourth-order valence-electron chi connectivity index (χ4n) is 4.82. The largest absolute Gasteiger partial charge is 0.481 e. The Labute approximate surface area is 167 Å². The van der Waals surface area contributed by atoms with Crippen molar-refractivity contribution in [3.05, 3.63) is 59.2 Å². The van der Waals surface area contributed by atoms with Gasteiger partial charge >= 0.3 is 5.97 Å². The van der Waals surface area contributed by atoms with E-state index in [1.807, 2.05) is 37.3 Å². The Bertz CT molecular complexity index is 736. The predicted molar refractivity (Wildman–Crippen MR) is 110 cm³/mol. The van der Waals surface area contributed by atoms with Crippen molar-refractivity contribution < 1.29 is 20.1 Å². The molecule has 2 aliphatic carbocycles. The highest BCUT2D eigenvalue weighted by molar-refractivity contribution is 5.66. The number of aliphatic hydroxyl groups is 2. The Kier molecular flexibility index (Phi) is 7.08. The maximum atomic E-state index is 10.6. The van der Waals surface area contributed by atoms with Crippen LogP contribution in [0.4, 0.5) is 0 Å². The molecule has 0 amide bonds. The van der Waals surface area contributed by atoms with E-state index in [0.717, 1.165) is 37.7 Å². The lowest BCUT2D eigenvalue weighted by Crippen LogP contribution is -2.18. The Morgan fingerprint density at radius 3 is 2.89 bits per heavy atom. The van der Waals surface area contributed by atoms with Crippen LogP contribution in [0.25, 0.3) is 0 Å². The van der Waals surface area contributed by atoms with Crippen molar-refractivity contribution in [3.8, 4) is 0 Å². The Morgan fingerprint density at radius 2 is 2.14 bits per heavy atom. The number of carboxylic acid groups (broad SMARTS) is 1. The lowest BCUT2D eigenvalue weighted by Gasteiger charge is -2.19. The molecule has 0 unspecified atom stereocenters. The average molecular weight is 385 g/mol. The monoisotopic (exact) mass is 384 g/mol. The second-order valence-electron chi connectivity index (χ2n) is 8.48. The van der Waals surface area contributed by atoms with Crippen LogP contribution in [-0.2, 0) is 11.2 Å². The highest BCUT2D eigenvalue weighted by Gasteiger charge is 2.43. The van der Waals surface area contributed by atoms with Crippen molar-refractivity contribution in [3.63, 3.8) is 0 Å². The number of aliphatic carboxylic acids is 1. The van der Waals surface area contributed by atoms with Crippen molar-refractivity contribution in [1.29, 1.82) is 0 Å². The zero-order chi connectivity index (χ0) is 20.1. The second-order valence-corrected chi connectivity index (χ2v) is 8.48. The molecule has 0 bridgehead atoms. The van der Waals surface area contributed by atoms with Crippen LogP contribution in [0.2, 0.25) is 0 Å². The molecule has 1 saturated carbocycles. The molecule has 0 heterocycles. The molecule has 4 nitrogen and oxygen atoms in total. The summed E-state index contributed by atoms with van der Waals surface area (Å²) in [6.45, 7) is 2.05. The van der Waals surface area contributed by atoms with Crippen LogP contribution in [0.3, 0.4) is 0 Å². The normalized spacial score (nSPS) is 27.8. The molecule has 152 valence electrons. The van der Waals surface area contributed by atoms with Crippen molar-refractivity contribution in [2.75, 3.05) is 0 Å². The molecule has 5 atom stereocenters. The molecule has 0 aromatic heterocycles. The third kappa shape index (κ3) is 5.55. The first-order valence-electron chi connectivity index (χ1n) is 10.4. The number of rotatable bonds is 9. The molecule has 1 fully saturated rings. The fourth-order valence-corrected chi connectivity index (χ4v) is 4.82. The minimum absolute atomic E-state index is 0.0879. The zero-order valence-electron chi connectivity index (χ0n) is 16.6. The van der Waals surface area contributed by atoms with Crippen molar-refractivity contribution in [2.24, 2.45) is 17.8 Å². The van der Waals surface area contributed by atoms with E-state index in [2.05, 4.69) is 12.1 Å². The lowest BCUT2D eigenvalue weighted by atomic mass is 9.88. The minimum atomic E-state index is -0.727. The molecular formula is C24H32O4. The molecule has 1 aromatic carbocycles. The number of carbonyl (C=O) groups is 1. The van der Waals surface area contributed by atoms with E-state index in [1.165, 1.54) is 11.1 Å². The number of fused-ring (bicyclic) bond motifs is 1. The number of unbranched alkanes of at least 4 members (excludes halogenated alkanes) is 1. The Hall–Kier alpha value is -1.91. The van der Waals surface area contributed by atoms with Gasteiger partial charge in [0.05, 0.1) is 12.2 Å². The van der Waals surface area contributed by atoms with Crippen molar-refractivity contribution in [1.82, 2.24) is 0 Å². The van der Waals surface area contributed by atoms with Gasteiger partial charge in [0, 0.05) is 18.8 Å². The van der Waals surface area contributed by atoms with Gasteiger partial charge in [0.2, 0.25) is 0 Å².